The highest BCUT2D eigenvalue weighted by atomic mass is 32.2. The Hall–Kier alpha value is -1.69. The van der Waals surface area contributed by atoms with Crippen molar-refractivity contribution >= 4 is 17.4 Å². The van der Waals surface area contributed by atoms with Crippen LogP contribution < -0.4 is 5.32 Å². The van der Waals surface area contributed by atoms with Crippen LogP contribution in [0.3, 0.4) is 0 Å². The predicted octanol–water partition coefficient (Wildman–Crippen LogP) is 5.36. The second-order valence-corrected chi connectivity index (χ2v) is 5.63. The molecule has 0 saturated heterocycles. The van der Waals surface area contributed by atoms with E-state index in [9.17, 15) is 17.6 Å². The van der Waals surface area contributed by atoms with E-state index in [0.29, 0.717) is 12.2 Å². The molecule has 0 aliphatic heterocycles. The molecule has 6 heteroatoms. The van der Waals surface area contributed by atoms with Crippen LogP contribution in [0.5, 0.6) is 0 Å². The molecule has 0 aromatic heterocycles. The summed E-state index contributed by atoms with van der Waals surface area (Å²) in [6.07, 6.45) is 0. The minimum atomic E-state index is -4.28. The van der Waals surface area contributed by atoms with Crippen LogP contribution in [0.2, 0.25) is 0 Å². The summed E-state index contributed by atoms with van der Waals surface area (Å²) in [6, 6.07) is 10.5. The Morgan fingerprint density at radius 2 is 1.71 bits per heavy atom. The molecule has 2 aromatic rings. The van der Waals surface area contributed by atoms with Crippen molar-refractivity contribution in [2.75, 3.05) is 5.32 Å². The summed E-state index contributed by atoms with van der Waals surface area (Å²) < 4.78 is 49.8. The number of hydrogen-bond acceptors (Lipinski definition) is 2. The molecule has 0 aliphatic rings. The zero-order chi connectivity index (χ0) is 15.5. The highest BCUT2D eigenvalue weighted by molar-refractivity contribution is 8.00. The van der Waals surface area contributed by atoms with Gasteiger partial charge in [-0.2, -0.15) is 13.2 Å². The van der Waals surface area contributed by atoms with Gasteiger partial charge in [0.2, 0.25) is 0 Å². The summed E-state index contributed by atoms with van der Waals surface area (Å²) in [5.74, 6) is -0.311. The van der Waals surface area contributed by atoms with Gasteiger partial charge in [0.25, 0.3) is 0 Å². The first-order valence-corrected chi connectivity index (χ1v) is 7.00. The Morgan fingerprint density at radius 1 is 1.05 bits per heavy atom. The standard InChI is InChI=1S/C15H13F4NS/c1-10-2-3-12(16)8-11(10)9-20-13-4-6-14(7-5-13)21-15(17,18)19/h2-8,20H,9H2,1H3. The van der Waals surface area contributed by atoms with E-state index < -0.39 is 5.51 Å². The molecule has 0 bridgehead atoms. The highest BCUT2D eigenvalue weighted by Crippen LogP contribution is 2.37. The summed E-state index contributed by atoms with van der Waals surface area (Å²) in [6.45, 7) is 2.29. The number of rotatable bonds is 4. The van der Waals surface area contributed by atoms with E-state index in [-0.39, 0.29) is 22.5 Å². The molecule has 0 spiro atoms. The van der Waals surface area contributed by atoms with Crippen LogP contribution in [-0.4, -0.2) is 5.51 Å². The first-order chi connectivity index (χ1) is 9.83. The summed E-state index contributed by atoms with van der Waals surface area (Å²) in [7, 11) is 0. The lowest BCUT2D eigenvalue weighted by Crippen LogP contribution is -2.02. The summed E-state index contributed by atoms with van der Waals surface area (Å²) >= 11 is -0.149. The van der Waals surface area contributed by atoms with E-state index in [1.54, 1.807) is 18.2 Å². The summed E-state index contributed by atoms with van der Waals surface area (Å²) in [5.41, 5.74) is -1.84. The Morgan fingerprint density at radius 3 is 2.33 bits per heavy atom. The van der Waals surface area contributed by atoms with Crippen molar-refractivity contribution in [1.82, 2.24) is 0 Å². The molecule has 0 saturated carbocycles. The molecule has 0 fully saturated rings. The van der Waals surface area contributed by atoms with Gasteiger partial charge in [0, 0.05) is 17.1 Å². The molecule has 1 N–H and O–H groups in total. The van der Waals surface area contributed by atoms with Crippen LogP contribution in [0, 0.1) is 12.7 Å². The van der Waals surface area contributed by atoms with E-state index in [0.717, 1.165) is 11.1 Å². The van der Waals surface area contributed by atoms with E-state index in [1.165, 1.54) is 24.3 Å². The van der Waals surface area contributed by atoms with Gasteiger partial charge in [0.15, 0.2) is 0 Å². The molecule has 0 unspecified atom stereocenters. The third kappa shape index (κ3) is 4.97. The molecular formula is C15H13F4NS. The van der Waals surface area contributed by atoms with E-state index >= 15 is 0 Å². The number of alkyl halides is 3. The topological polar surface area (TPSA) is 12.0 Å². The monoisotopic (exact) mass is 315 g/mol. The molecule has 112 valence electrons. The predicted molar refractivity (Wildman–Crippen MR) is 76.8 cm³/mol. The van der Waals surface area contributed by atoms with Crippen molar-refractivity contribution in [3.63, 3.8) is 0 Å². The fourth-order valence-electron chi connectivity index (χ4n) is 1.80. The van der Waals surface area contributed by atoms with Crippen LogP contribution in [0.4, 0.5) is 23.2 Å². The molecule has 0 atom stereocenters. The maximum Gasteiger partial charge on any atom is 0.446 e. The van der Waals surface area contributed by atoms with Gasteiger partial charge in [-0.15, -0.1) is 0 Å². The largest absolute Gasteiger partial charge is 0.446 e. The van der Waals surface area contributed by atoms with E-state index in [1.807, 2.05) is 6.92 Å². The van der Waals surface area contributed by atoms with Gasteiger partial charge in [0.1, 0.15) is 5.82 Å². The number of hydrogen-bond donors (Lipinski definition) is 1. The van der Waals surface area contributed by atoms with Crippen LogP contribution in [0.15, 0.2) is 47.4 Å². The van der Waals surface area contributed by atoms with Gasteiger partial charge < -0.3 is 5.32 Å². The average molecular weight is 315 g/mol. The zero-order valence-corrected chi connectivity index (χ0v) is 12.0. The molecule has 21 heavy (non-hydrogen) atoms. The Labute approximate surface area is 124 Å². The minimum absolute atomic E-state index is 0.134. The number of thioether (sulfide) groups is 1. The molecule has 0 heterocycles. The zero-order valence-electron chi connectivity index (χ0n) is 11.2. The number of halogens is 4. The highest BCUT2D eigenvalue weighted by Gasteiger charge is 2.28. The van der Waals surface area contributed by atoms with Gasteiger partial charge in [-0.1, -0.05) is 6.07 Å². The van der Waals surface area contributed by atoms with Crippen molar-refractivity contribution in [3.8, 4) is 0 Å². The first kappa shape index (κ1) is 15.7. The molecule has 0 amide bonds. The van der Waals surface area contributed by atoms with Crippen LogP contribution >= 0.6 is 11.8 Å². The number of benzene rings is 2. The van der Waals surface area contributed by atoms with Gasteiger partial charge >= 0.3 is 5.51 Å². The fraction of sp³-hybridized carbons (Fsp3) is 0.200. The Balaban J connectivity index is 1.99. The Kier molecular flexibility index (Phi) is 4.77. The van der Waals surface area contributed by atoms with Gasteiger partial charge in [-0.25, -0.2) is 4.39 Å². The normalized spacial score (nSPS) is 11.5. The van der Waals surface area contributed by atoms with E-state index in [2.05, 4.69) is 5.32 Å². The fourth-order valence-corrected chi connectivity index (χ4v) is 2.34. The minimum Gasteiger partial charge on any atom is -0.381 e. The molecule has 0 aliphatic carbocycles. The number of aryl methyl sites for hydroxylation is 1. The lowest BCUT2D eigenvalue weighted by atomic mass is 10.1. The molecule has 2 rings (SSSR count). The second-order valence-electron chi connectivity index (χ2n) is 4.50. The first-order valence-electron chi connectivity index (χ1n) is 6.18. The van der Waals surface area contributed by atoms with E-state index in [4.69, 9.17) is 0 Å². The smallest absolute Gasteiger partial charge is 0.381 e. The van der Waals surface area contributed by atoms with Gasteiger partial charge in [0.05, 0.1) is 0 Å². The van der Waals surface area contributed by atoms with Crippen molar-refractivity contribution in [1.29, 1.82) is 0 Å². The molecule has 0 radical (unpaired) electrons. The van der Waals surface area contributed by atoms with Crippen molar-refractivity contribution in [3.05, 3.63) is 59.4 Å². The van der Waals surface area contributed by atoms with Gasteiger partial charge in [-0.05, 0) is 66.2 Å². The van der Waals surface area contributed by atoms with Gasteiger partial charge in [-0.3, -0.25) is 0 Å². The second kappa shape index (κ2) is 6.39. The lowest BCUT2D eigenvalue weighted by Gasteiger charge is -2.10. The van der Waals surface area contributed by atoms with Crippen molar-refractivity contribution in [2.24, 2.45) is 0 Å². The van der Waals surface area contributed by atoms with Crippen molar-refractivity contribution in [2.45, 2.75) is 23.9 Å². The Bertz CT molecular complexity index is 608. The van der Waals surface area contributed by atoms with Crippen LogP contribution in [0.1, 0.15) is 11.1 Å². The molecular weight excluding hydrogens is 302 g/mol. The quantitative estimate of drug-likeness (QED) is 0.602. The third-order valence-corrected chi connectivity index (χ3v) is 3.62. The number of nitrogens with one attached hydrogen (secondary N) is 1. The average Bonchev–Trinajstić information content (AvgIpc) is 2.40. The summed E-state index contributed by atoms with van der Waals surface area (Å²) in [5, 5.41) is 3.06. The van der Waals surface area contributed by atoms with Crippen LogP contribution in [-0.2, 0) is 6.54 Å². The van der Waals surface area contributed by atoms with Crippen molar-refractivity contribution < 1.29 is 17.6 Å². The molecule has 1 nitrogen and oxygen atoms in total. The third-order valence-electron chi connectivity index (χ3n) is 2.88. The molecule has 2 aromatic carbocycles. The SMILES string of the molecule is Cc1ccc(F)cc1CNc1ccc(SC(F)(F)F)cc1. The number of anilines is 1. The summed E-state index contributed by atoms with van der Waals surface area (Å²) in [4.78, 5) is 0.134. The maximum atomic E-state index is 13.1. The van der Waals surface area contributed by atoms with Crippen LogP contribution in [0.25, 0.3) is 0 Å². The lowest BCUT2D eigenvalue weighted by molar-refractivity contribution is -0.0328. The maximum absolute atomic E-state index is 13.1.